The number of hydrogen-bond acceptors (Lipinski definition) is 6. The van der Waals surface area contributed by atoms with Gasteiger partial charge in [-0.2, -0.15) is 0 Å². The van der Waals surface area contributed by atoms with Crippen LogP contribution in [0.3, 0.4) is 0 Å². The Morgan fingerprint density at radius 1 is 1.14 bits per heavy atom. The molecule has 0 bridgehead atoms. The smallest absolute Gasteiger partial charge is 0.320 e. The number of methoxy groups -OCH3 is 1. The van der Waals surface area contributed by atoms with Crippen molar-refractivity contribution in [1.82, 2.24) is 0 Å². The van der Waals surface area contributed by atoms with Crippen LogP contribution in [0, 0.1) is 17.8 Å². The summed E-state index contributed by atoms with van der Waals surface area (Å²) in [6, 6.07) is 0. The predicted molar refractivity (Wildman–Crippen MR) is 74.1 cm³/mol. The van der Waals surface area contributed by atoms with Crippen molar-refractivity contribution in [2.45, 2.75) is 26.7 Å². The van der Waals surface area contributed by atoms with Crippen LogP contribution >= 0.6 is 0 Å². The van der Waals surface area contributed by atoms with Crippen LogP contribution in [0.15, 0.2) is 12.2 Å². The SMILES string of the molecule is CCOC(=O)C(C(=O)OCC)[C@@H]1C=CC[C@H](C(=O)OC)C1. The number of carbonyl (C=O) groups is 3. The molecule has 0 aromatic heterocycles. The van der Waals surface area contributed by atoms with Crippen LogP contribution in [0.5, 0.6) is 0 Å². The molecule has 2 atom stereocenters. The van der Waals surface area contributed by atoms with E-state index < -0.39 is 23.8 Å². The van der Waals surface area contributed by atoms with Gasteiger partial charge in [-0.3, -0.25) is 14.4 Å². The fourth-order valence-electron chi connectivity index (χ4n) is 2.44. The molecule has 0 amide bonds. The van der Waals surface area contributed by atoms with Crippen LogP contribution < -0.4 is 0 Å². The second-order valence-electron chi connectivity index (χ2n) is 4.77. The zero-order chi connectivity index (χ0) is 15.8. The van der Waals surface area contributed by atoms with Gasteiger partial charge in [0.05, 0.1) is 26.2 Å². The van der Waals surface area contributed by atoms with E-state index in [1.54, 1.807) is 26.0 Å². The minimum Gasteiger partial charge on any atom is -0.469 e. The van der Waals surface area contributed by atoms with Gasteiger partial charge in [-0.15, -0.1) is 0 Å². The van der Waals surface area contributed by atoms with Gasteiger partial charge in [-0.1, -0.05) is 12.2 Å². The third-order valence-electron chi connectivity index (χ3n) is 3.40. The van der Waals surface area contributed by atoms with E-state index in [4.69, 9.17) is 14.2 Å². The lowest BCUT2D eigenvalue weighted by Crippen LogP contribution is -2.36. The molecular weight excluding hydrogens is 276 g/mol. The minimum absolute atomic E-state index is 0.186. The number of hydrogen-bond donors (Lipinski definition) is 0. The highest BCUT2D eigenvalue weighted by Crippen LogP contribution is 2.31. The summed E-state index contributed by atoms with van der Waals surface area (Å²) in [5.41, 5.74) is 0. The highest BCUT2D eigenvalue weighted by molar-refractivity contribution is 5.95. The Morgan fingerprint density at radius 2 is 1.71 bits per heavy atom. The van der Waals surface area contributed by atoms with E-state index in [9.17, 15) is 14.4 Å². The van der Waals surface area contributed by atoms with E-state index in [0.29, 0.717) is 12.8 Å². The van der Waals surface area contributed by atoms with E-state index >= 15 is 0 Å². The molecule has 21 heavy (non-hydrogen) atoms. The van der Waals surface area contributed by atoms with E-state index in [-0.39, 0.29) is 25.1 Å². The van der Waals surface area contributed by atoms with Gasteiger partial charge in [0.15, 0.2) is 5.92 Å². The van der Waals surface area contributed by atoms with Gasteiger partial charge >= 0.3 is 17.9 Å². The lowest BCUT2D eigenvalue weighted by molar-refractivity contribution is -0.165. The average Bonchev–Trinajstić information content (AvgIpc) is 2.47. The van der Waals surface area contributed by atoms with Crippen molar-refractivity contribution >= 4 is 17.9 Å². The van der Waals surface area contributed by atoms with Crippen molar-refractivity contribution < 1.29 is 28.6 Å². The van der Waals surface area contributed by atoms with Crippen LogP contribution in [-0.4, -0.2) is 38.2 Å². The van der Waals surface area contributed by atoms with Crippen molar-refractivity contribution in [3.63, 3.8) is 0 Å². The molecule has 118 valence electrons. The molecule has 1 aliphatic carbocycles. The Bertz CT molecular complexity index is 396. The average molecular weight is 298 g/mol. The zero-order valence-electron chi connectivity index (χ0n) is 12.7. The van der Waals surface area contributed by atoms with Crippen molar-refractivity contribution in [3.05, 3.63) is 12.2 Å². The molecule has 0 aromatic carbocycles. The van der Waals surface area contributed by atoms with Crippen molar-refractivity contribution in [2.75, 3.05) is 20.3 Å². The number of esters is 3. The summed E-state index contributed by atoms with van der Waals surface area (Å²) in [5, 5.41) is 0. The number of ether oxygens (including phenoxy) is 3. The molecule has 6 nitrogen and oxygen atoms in total. The zero-order valence-corrected chi connectivity index (χ0v) is 12.7. The van der Waals surface area contributed by atoms with Crippen molar-refractivity contribution in [3.8, 4) is 0 Å². The summed E-state index contributed by atoms with van der Waals surface area (Å²) < 4.78 is 14.6. The predicted octanol–water partition coefficient (Wildman–Crippen LogP) is 1.48. The van der Waals surface area contributed by atoms with Gasteiger partial charge < -0.3 is 14.2 Å². The molecule has 0 aliphatic heterocycles. The van der Waals surface area contributed by atoms with E-state index in [1.165, 1.54) is 7.11 Å². The van der Waals surface area contributed by atoms with Crippen LogP contribution in [0.2, 0.25) is 0 Å². The summed E-state index contributed by atoms with van der Waals surface area (Å²) in [6.45, 7) is 3.72. The van der Waals surface area contributed by atoms with Crippen LogP contribution in [0.4, 0.5) is 0 Å². The number of rotatable bonds is 6. The Labute approximate surface area is 124 Å². The minimum atomic E-state index is -1.03. The molecule has 1 aliphatic rings. The largest absolute Gasteiger partial charge is 0.469 e. The summed E-state index contributed by atoms with van der Waals surface area (Å²) in [4.78, 5) is 35.7. The van der Waals surface area contributed by atoms with Gasteiger partial charge in [0.1, 0.15) is 0 Å². The highest BCUT2D eigenvalue weighted by atomic mass is 16.6. The molecule has 0 spiro atoms. The van der Waals surface area contributed by atoms with E-state index in [1.807, 2.05) is 0 Å². The second kappa shape index (κ2) is 8.44. The van der Waals surface area contributed by atoms with Crippen LogP contribution in [-0.2, 0) is 28.6 Å². The first kappa shape index (κ1) is 17.2. The van der Waals surface area contributed by atoms with E-state index in [2.05, 4.69) is 0 Å². The summed E-state index contributed by atoms with van der Waals surface area (Å²) in [5.74, 6) is -3.37. The lowest BCUT2D eigenvalue weighted by Gasteiger charge is -2.27. The first-order chi connectivity index (χ1) is 10.0. The molecule has 0 aromatic rings. The Kier molecular flexibility index (Phi) is 6.91. The Morgan fingerprint density at radius 3 is 2.19 bits per heavy atom. The molecule has 6 heteroatoms. The molecule has 0 N–H and O–H groups in total. The standard InChI is InChI=1S/C15H22O6/c1-4-20-14(17)12(15(18)21-5-2)10-7-6-8-11(9-10)13(16)19-3/h6-7,10-12H,4-5,8-9H2,1-3H3/t10-,11+/m1/s1. The Balaban J connectivity index is 2.89. The van der Waals surface area contributed by atoms with E-state index in [0.717, 1.165) is 0 Å². The Hall–Kier alpha value is -1.85. The van der Waals surface area contributed by atoms with Gasteiger partial charge in [-0.25, -0.2) is 0 Å². The molecular formula is C15H22O6. The third-order valence-corrected chi connectivity index (χ3v) is 3.40. The summed E-state index contributed by atoms with van der Waals surface area (Å²) in [6.07, 6.45) is 4.48. The maximum absolute atomic E-state index is 12.0. The highest BCUT2D eigenvalue weighted by Gasteiger charge is 2.39. The van der Waals surface area contributed by atoms with Crippen LogP contribution in [0.25, 0.3) is 0 Å². The molecule has 0 saturated heterocycles. The van der Waals surface area contributed by atoms with Gasteiger partial charge in [0.25, 0.3) is 0 Å². The summed E-state index contributed by atoms with van der Waals surface area (Å²) >= 11 is 0. The monoisotopic (exact) mass is 298 g/mol. The molecule has 1 rings (SSSR count). The van der Waals surface area contributed by atoms with Crippen LogP contribution in [0.1, 0.15) is 26.7 Å². The third kappa shape index (κ3) is 4.58. The molecule has 0 radical (unpaired) electrons. The maximum atomic E-state index is 12.0. The lowest BCUT2D eigenvalue weighted by atomic mass is 9.79. The second-order valence-corrected chi connectivity index (χ2v) is 4.77. The first-order valence-electron chi connectivity index (χ1n) is 7.12. The maximum Gasteiger partial charge on any atom is 0.320 e. The summed E-state index contributed by atoms with van der Waals surface area (Å²) in [7, 11) is 1.32. The fraction of sp³-hybridized carbons (Fsp3) is 0.667. The fourth-order valence-corrected chi connectivity index (χ4v) is 2.44. The van der Waals surface area contributed by atoms with Crippen molar-refractivity contribution in [2.24, 2.45) is 17.8 Å². The quantitative estimate of drug-likeness (QED) is 0.320. The molecule has 0 saturated carbocycles. The topological polar surface area (TPSA) is 78.9 Å². The number of allylic oxidation sites excluding steroid dienone is 2. The normalized spacial score (nSPS) is 21.0. The van der Waals surface area contributed by atoms with Gasteiger partial charge in [0.2, 0.25) is 0 Å². The van der Waals surface area contributed by atoms with Crippen molar-refractivity contribution in [1.29, 1.82) is 0 Å². The van der Waals surface area contributed by atoms with Gasteiger partial charge in [0, 0.05) is 5.92 Å². The number of carbonyl (C=O) groups excluding carboxylic acids is 3. The first-order valence-corrected chi connectivity index (χ1v) is 7.12. The molecule has 0 unspecified atom stereocenters. The molecule has 0 heterocycles. The molecule has 0 fully saturated rings. The van der Waals surface area contributed by atoms with Gasteiger partial charge in [-0.05, 0) is 26.7 Å².